The highest BCUT2D eigenvalue weighted by atomic mass is 32.2. The van der Waals surface area contributed by atoms with Crippen LogP contribution in [0.25, 0.3) is 0 Å². The van der Waals surface area contributed by atoms with Crippen molar-refractivity contribution >= 4 is 33.1 Å². The van der Waals surface area contributed by atoms with Crippen LogP contribution in [0.2, 0.25) is 0 Å². The van der Waals surface area contributed by atoms with E-state index in [4.69, 9.17) is 4.18 Å². The quantitative estimate of drug-likeness (QED) is 0.725. The Balaban J connectivity index is 1.84. The van der Waals surface area contributed by atoms with Crippen molar-refractivity contribution in [3.63, 3.8) is 0 Å². The Morgan fingerprint density at radius 2 is 1.61 bits per heavy atom. The minimum Gasteiger partial charge on any atom is -0.379 e. The van der Waals surface area contributed by atoms with Gasteiger partial charge in [-0.25, -0.2) is 0 Å². The summed E-state index contributed by atoms with van der Waals surface area (Å²) in [6, 6.07) is 11.7. The average Bonchev–Trinajstić information content (AvgIpc) is 2.73. The number of hydrogen-bond donors (Lipinski definition) is 1. The first-order chi connectivity index (χ1) is 14.6. The van der Waals surface area contributed by atoms with Gasteiger partial charge in [-0.3, -0.25) is 4.79 Å². The van der Waals surface area contributed by atoms with Crippen molar-refractivity contribution in [2.45, 2.75) is 24.3 Å². The Hall–Kier alpha value is -2.78. The van der Waals surface area contributed by atoms with Gasteiger partial charge in [0.2, 0.25) is 5.91 Å². The number of carbonyl (C=O) groups is 1. The van der Waals surface area contributed by atoms with E-state index in [0.29, 0.717) is 11.4 Å². The van der Waals surface area contributed by atoms with E-state index >= 15 is 0 Å². The van der Waals surface area contributed by atoms with Crippen LogP contribution in [0.1, 0.15) is 13.8 Å². The molecular weight excluding hydrogens is 416 g/mol. The van der Waals surface area contributed by atoms with Crippen molar-refractivity contribution in [3.05, 3.63) is 42.5 Å². The Kier molecular flexibility index (Phi) is 5.35. The van der Waals surface area contributed by atoms with Gasteiger partial charge in [0.15, 0.2) is 0 Å². The summed E-state index contributed by atoms with van der Waals surface area (Å²) in [5.74, 6) is 0.0533. The van der Waals surface area contributed by atoms with E-state index in [1.165, 1.54) is 0 Å². The third-order valence-corrected chi connectivity index (χ3v) is 7.43. The van der Waals surface area contributed by atoms with Crippen molar-refractivity contribution in [2.24, 2.45) is 0 Å². The molecule has 4 rings (SSSR count). The smallest absolute Gasteiger partial charge is 0.341 e. The van der Waals surface area contributed by atoms with Gasteiger partial charge in [-0.1, -0.05) is 18.2 Å². The fourth-order valence-corrected chi connectivity index (χ4v) is 5.04. The van der Waals surface area contributed by atoms with Crippen LogP contribution in [0.5, 0.6) is 5.75 Å². The second kappa shape index (κ2) is 7.72. The van der Waals surface area contributed by atoms with E-state index < -0.39 is 15.7 Å². The normalized spacial score (nSPS) is 19.0. The van der Waals surface area contributed by atoms with Gasteiger partial charge in [0.25, 0.3) is 0 Å². The molecule has 31 heavy (non-hydrogen) atoms. The molecule has 2 aliphatic heterocycles. The number of benzene rings is 2. The maximum atomic E-state index is 13.3. The third-order valence-electron chi connectivity index (χ3n) is 6.15. The second-order valence-electron chi connectivity index (χ2n) is 8.52. The van der Waals surface area contributed by atoms with E-state index in [1.54, 1.807) is 68.3 Å². The van der Waals surface area contributed by atoms with Crippen LogP contribution in [0.3, 0.4) is 0 Å². The van der Waals surface area contributed by atoms with Crippen LogP contribution in [-0.2, 0) is 14.9 Å². The highest BCUT2D eigenvalue weighted by Crippen LogP contribution is 2.46. The number of likely N-dealkylation sites (N-methyl/N-ethyl adjacent to an activating group) is 2. The van der Waals surface area contributed by atoms with Crippen LogP contribution < -0.4 is 19.3 Å². The summed E-state index contributed by atoms with van der Waals surface area (Å²) >= 11 is 0. The fourth-order valence-electron chi connectivity index (χ4n) is 3.88. The molecule has 2 heterocycles. The molecule has 0 aliphatic carbocycles. The van der Waals surface area contributed by atoms with E-state index in [2.05, 4.69) is 22.2 Å². The Morgan fingerprint density at radius 3 is 2.26 bits per heavy atom. The highest BCUT2D eigenvalue weighted by Gasteiger charge is 2.43. The van der Waals surface area contributed by atoms with Crippen LogP contribution in [-0.4, -0.2) is 65.0 Å². The van der Waals surface area contributed by atoms with E-state index in [9.17, 15) is 13.2 Å². The topological polar surface area (TPSA) is 82.2 Å². The van der Waals surface area contributed by atoms with Crippen molar-refractivity contribution < 1.29 is 17.4 Å². The molecule has 0 unspecified atom stereocenters. The lowest BCUT2D eigenvalue weighted by molar-refractivity contribution is -0.120. The molecule has 1 amide bonds. The molecule has 8 nitrogen and oxygen atoms in total. The Morgan fingerprint density at radius 1 is 0.968 bits per heavy atom. The molecule has 9 heteroatoms. The fraction of sp³-hybridized carbons (Fsp3) is 0.409. The summed E-state index contributed by atoms with van der Waals surface area (Å²) in [6.45, 7) is 6.89. The lowest BCUT2D eigenvalue weighted by Crippen LogP contribution is -2.55. The molecule has 2 aromatic rings. The minimum absolute atomic E-state index is 0.0276. The zero-order valence-corrected chi connectivity index (χ0v) is 19.1. The van der Waals surface area contributed by atoms with E-state index in [-0.39, 0.29) is 16.6 Å². The number of para-hydroxylation sites is 1. The molecule has 0 aromatic heterocycles. The predicted molar refractivity (Wildman–Crippen MR) is 122 cm³/mol. The summed E-state index contributed by atoms with van der Waals surface area (Å²) in [5.41, 5.74) is 0.841. The second-order valence-corrected chi connectivity index (χ2v) is 10.0. The van der Waals surface area contributed by atoms with Crippen LogP contribution >= 0.6 is 0 Å². The van der Waals surface area contributed by atoms with E-state index in [0.717, 1.165) is 31.9 Å². The summed E-state index contributed by atoms with van der Waals surface area (Å²) in [7, 11) is -0.318. The maximum absolute atomic E-state index is 13.3. The van der Waals surface area contributed by atoms with E-state index in [1.807, 2.05) is 0 Å². The van der Waals surface area contributed by atoms with Gasteiger partial charge < -0.3 is 24.2 Å². The molecule has 1 N–H and O–H groups in total. The summed E-state index contributed by atoms with van der Waals surface area (Å²) in [6.07, 6.45) is 0. The van der Waals surface area contributed by atoms with Crippen LogP contribution in [0.4, 0.5) is 17.1 Å². The average molecular weight is 445 g/mol. The molecular formula is C22H28N4O4S. The largest absolute Gasteiger partial charge is 0.379 e. The predicted octanol–water partition coefficient (Wildman–Crippen LogP) is 2.37. The Labute approximate surface area is 183 Å². The zero-order valence-electron chi connectivity index (χ0n) is 18.3. The van der Waals surface area contributed by atoms with Crippen molar-refractivity contribution in [2.75, 3.05) is 55.4 Å². The van der Waals surface area contributed by atoms with Crippen molar-refractivity contribution in [1.29, 1.82) is 0 Å². The molecule has 1 fully saturated rings. The number of fused-ring (bicyclic) bond motifs is 1. The van der Waals surface area contributed by atoms with Gasteiger partial charge in [0.1, 0.15) is 16.2 Å². The first-order valence-corrected chi connectivity index (χ1v) is 11.7. The number of nitrogens with one attached hydrogen (secondary N) is 1. The number of rotatable bonds is 4. The molecule has 2 aromatic carbocycles. The lowest BCUT2D eigenvalue weighted by atomic mass is 9.96. The first-order valence-electron chi connectivity index (χ1n) is 10.3. The molecule has 0 radical (unpaired) electrons. The standard InChI is InChI=1S/C22H28N4O4S/c1-22(2)21(27)23-19-17(26-14-12-24(3)13-15-26)10-11-18(20(19)25(22)4)31(28,29)30-16-8-6-5-7-9-16/h5-11H,12-15H2,1-4H3,(H,23,27). The van der Waals surface area contributed by atoms with Gasteiger partial charge in [0.05, 0.1) is 17.1 Å². The number of carbonyl (C=O) groups excluding carboxylic acids is 1. The first kappa shape index (κ1) is 21.5. The summed E-state index contributed by atoms with van der Waals surface area (Å²) in [5, 5.41) is 2.98. The molecule has 0 saturated carbocycles. The minimum atomic E-state index is -4.13. The van der Waals surface area contributed by atoms with Crippen molar-refractivity contribution in [1.82, 2.24) is 4.90 Å². The third kappa shape index (κ3) is 3.83. The van der Waals surface area contributed by atoms with Crippen LogP contribution in [0.15, 0.2) is 47.4 Å². The monoisotopic (exact) mass is 444 g/mol. The molecule has 0 bridgehead atoms. The summed E-state index contributed by atoms with van der Waals surface area (Å²) in [4.78, 5) is 19.0. The number of nitrogens with zero attached hydrogens (tertiary/aromatic N) is 3. The molecule has 0 spiro atoms. The van der Waals surface area contributed by atoms with Crippen LogP contribution in [0, 0.1) is 0 Å². The molecule has 1 saturated heterocycles. The van der Waals surface area contributed by atoms with Gasteiger partial charge >= 0.3 is 10.1 Å². The SMILES string of the molecule is CN1CCN(c2ccc(S(=O)(=O)Oc3ccccc3)c3c2NC(=O)C(C)(C)N3C)CC1. The highest BCUT2D eigenvalue weighted by molar-refractivity contribution is 7.87. The Bertz CT molecular complexity index is 1090. The molecule has 0 atom stereocenters. The zero-order chi connectivity index (χ0) is 22.4. The van der Waals surface area contributed by atoms with Gasteiger partial charge in [-0.15, -0.1) is 0 Å². The molecule has 2 aliphatic rings. The van der Waals surface area contributed by atoms with Gasteiger partial charge in [-0.05, 0) is 45.2 Å². The molecule has 166 valence electrons. The number of hydrogen-bond acceptors (Lipinski definition) is 7. The number of anilines is 3. The summed E-state index contributed by atoms with van der Waals surface area (Å²) < 4.78 is 31.9. The lowest BCUT2D eigenvalue weighted by Gasteiger charge is -2.44. The van der Waals surface area contributed by atoms with Gasteiger partial charge in [0, 0.05) is 33.2 Å². The van der Waals surface area contributed by atoms with Crippen molar-refractivity contribution in [3.8, 4) is 5.75 Å². The van der Waals surface area contributed by atoms with Gasteiger partial charge in [-0.2, -0.15) is 8.42 Å². The number of piperazine rings is 1. The number of amides is 1. The maximum Gasteiger partial charge on any atom is 0.341 e.